The second-order valence-corrected chi connectivity index (χ2v) is 13.7. The first-order chi connectivity index (χ1) is 25.7. The van der Waals surface area contributed by atoms with Gasteiger partial charge in [-0.15, -0.1) is 0 Å². The molecule has 52 heavy (non-hydrogen) atoms. The van der Waals surface area contributed by atoms with Gasteiger partial charge in [0, 0.05) is 22.0 Å². The summed E-state index contributed by atoms with van der Waals surface area (Å²) in [7, 11) is 0. The van der Waals surface area contributed by atoms with Crippen LogP contribution in [0.25, 0.3) is 83.4 Å². The van der Waals surface area contributed by atoms with Crippen LogP contribution in [-0.4, -0.2) is 9.55 Å². The average Bonchev–Trinajstić information content (AvgIpc) is 3.78. The van der Waals surface area contributed by atoms with Gasteiger partial charge in [0.2, 0.25) is 5.89 Å². The maximum atomic E-state index is 6.05. The first-order valence-corrected chi connectivity index (χ1v) is 18.5. The molecule has 0 saturated heterocycles. The molecule has 0 unspecified atom stereocenters. The first-order valence-electron chi connectivity index (χ1n) is 18.5. The number of aryl methyl sites for hydroxylation is 2. The standard InChI is InChI=1S/C49H40N2O/c1-3-11-33-19-29-46-43(31-33)44-32-34(12-4-2)20-30-47(44)51(46)38-27-25-36(26-28-38)40-14-6-8-16-42(40)41-15-7-5-13-39(41)35-21-23-37(24-22-35)49-50-45-17-9-10-18-48(45)52-49/h5-10,13-32H,3-4,11-12H2,1-2H3. The van der Waals surface area contributed by atoms with Crippen LogP contribution in [0.5, 0.6) is 0 Å². The molecule has 2 aromatic heterocycles. The van der Waals surface area contributed by atoms with Crippen molar-refractivity contribution in [2.45, 2.75) is 39.5 Å². The summed E-state index contributed by atoms with van der Waals surface area (Å²) in [6, 6.07) is 57.1. The van der Waals surface area contributed by atoms with Gasteiger partial charge < -0.3 is 8.98 Å². The molecule has 0 spiro atoms. The second kappa shape index (κ2) is 13.5. The van der Waals surface area contributed by atoms with Gasteiger partial charge in [0.15, 0.2) is 5.58 Å². The van der Waals surface area contributed by atoms with Gasteiger partial charge in [-0.2, -0.15) is 0 Å². The van der Waals surface area contributed by atoms with E-state index in [9.17, 15) is 0 Å². The smallest absolute Gasteiger partial charge is 0.227 e. The van der Waals surface area contributed by atoms with E-state index in [0.29, 0.717) is 5.89 Å². The van der Waals surface area contributed by atoms with Crippen LogP contribution in [-0.2, 0) is 12.8 Å². The number of nitrogens with zero attached hydrogens (tertiary/aromatic N) is 2. The lowest BCUT2D eigenvalue weighted by Gasteiger charge is -2.16. The molecule has 0 radical (unpaired) electrons. The van der Waals surface area contributed by atoms with Crippen molar-refractivity contribution in [1.82, 2.24) is 9.55 Å². The van der Waals surface area contributed by atoms with Gasteiger partial charge >= 0.3 is 0 Å². The number of fused-ring (bicyclic) bond motifs is 4. The molecule has 0 fully saturated rings. The quantitative estimate of drug-likeness (QED) is 0.153. The summed E-state index contributed by atoms with van der Waals surface area (Å²) in [5, 5.41) is 2.68. The Morgan fingerprint density at radius 1 is 0.481 bits per heavy atom. The van der Waals surface area contributed by atoms with Gasteiger partial charge in [0.1, 0.15) is 5.52 Å². The molecule has 9 aromatic rings. The van der Waals surface area contributed by atoms with Crippen LogP contribution in [0.1, 0.15) is 37.8 Å². The third-order valence-corrected chi connectivity index (χ3v) is 10.3. The maximum absolute atomic E-state index is 6.05. The molecular weight excluding hydrogens is 633 g/mol. The molecule has 9 rings (SSSR count). The predicted octanol–water partition coefficient (Wildman–Crippen LogP) is 13.5. The molecular formula is C49H40N2O. The van der Waals surface area contributed by atoms with Crippen LogP contribution in [0, 0.1) is 0 Å². The maximum Gasteiger partial charge on any atom is 0.227 e. The summed E-state index contributed by atoms with van der Waals surface area (Å²) in [6.07, 6.45) is 4.48. The van der Waals surface area contributed by atoms with Gasteiger partial charge in [-0.3, -0.25) is 0 Å². The minimum absolute atomic E-state index is 0.637. The molecule has 0 aliphatic rings. The van der Waals surface area contributed by atoms with Crippen molar-refractivity contribution in [3.05, 3.63) is 169 Å². The monoisotopic (exact) mass is 672 g/mol. The minimum atomic E-state index is 0.637. The Hall–Kier alpha value is -6.19. The SMILES string of the molecule is CCCc1ccc2c(c1)c1cc(CCC)ccc1n2-c1ccc(-c2ccccc2-c2ccccc2-c2ccc(-c3nc4ccccc4o3)cc2)cc1. The summed E-state index contributed by atoms with van der Waals surface area (Å²) in [5.41, 5.74) is 16.3. The molecule has 3 heteroatoms. The molecule has 0 atom stereocenters. The van der Waals surface area contributed by atoms with Gasteiger partial charge in [0.05, 0.1) is 11.0 Å². The van der Waals surface area contributed by atoms with Gasteiger partial charge in [-0.1, -0.05) is 124 Å². The molecule has 3 nitrogen and oxygen atoms in total. The molecule has 0 bridgehead atoms. The number of hydrogen-bond acceptors (Lipinski definition) is 2. The van der Waals surface area contributed by atoms with Crippen LogP contribution in [0.2, 0.25) is 0 Å². The number of rotatable bonds is 9. The number of aromatic nitrogens is 2. The number of benzene rings is 7. The second-order valence-electron chi connectivity index (χ2n) is 13.7. The zero-order chi connectivity index (χ0) is 35.0. The van der Waals surface area contributed by atoms with E-state index in [4.69, 9.17) is 9.40 Å². The van der Waals surface area contributed by atoms with Crippen LogP contribution in [0.15, 0.2) is 162 Å². The summed E-state index contributed by atoms with van der Waals surface area (Å²) in [4.78, 5) is 4.70. The molecule has 0 aliphatic heterocycles. The zero-order valence-electron chi connectivity index (χ0n) is 29.6. The van der Waals surface area contributed by atoms with E-state index in [1.54, 1.807) is 0 Å². The largest absolute Gasteiger partial charge is 0.436 e. The summed E-state index contributed by atoms with van der Waals surface area (Å²) in [5.74, 6) is 0.637. The van der Waals surface area contributed by atoms with E-state index in [1.165, 1.54) is 66.4 Å². The lowest BCUT2D eigenvalue weighted by Crippen LogP contribution is -1.95. The van der Waals surface area contributed by atoms with E-state index < -0.39 is 0 Å². The Morgan fingerprint density at radius 3 is 1.50 bits per heavy atom. The highest BCUT2D eigenvalue weighted by molar-refractivity contribution is 6.09. The molecule has 0 amide bonds. The number of para-hydroxylation sites is 2. The highest BCUT2D eigenvalue weighted by Crippen LogP contribution is 2.40. The summed E-state index contributed by atoms with van der Waals surface area (Å²) < 4.78 is 8.48. The molecule has 2 heterocycles. The van der Waals surface area contributed by atoms with Crippen molar-refractivity contribution in [3.63, 3.8) is 0 Å². The van der Waals surface area contributed by atoms with Crippen molar-refractivity contribution in [3.8, 4) is 50.5 Å². The summed E-state index contributed by atoms with van der Waals surface area (Å²) in [6.45, 7) is 4.51. The Morgan fingerprint density at radius 2 is 0.962 bits per heavy atom. The Labute approximate surface area is 304 Å². The van der Waals surface area contributed by atoms with Gasteiger partial charge in [-0.05, 0) is 118 Å². The number of hydrogen-bond donors (Lipinski definition) is 0. The Balaban J connectivity index is 1.08. The minimum Gasteiger partial charge on any atom is -0.436 e. The zero-order valence-corrected chi connectivity index (χ0v) is 29.6. The van der Waals surface area contributed by atoms with E-state index >= 15 is 0 Å². The third kappa shape index (κ3) is 5.69. The fourth-order valence-corrected chi connectivity index (χ4v) is 7.80. The summed E-state index contributed by atoms with van der Waals surface area (Å²) >= 11 is 0. The molecule has 0 aliphatic carbocycles. The van der Waals surface area contributed by atoms with Crippen molar-refractivity contribution in [1.29, 1.82) is 0 Å². The van der Waals surface area contributed by atoms with Crippen molar-refractivity contribution in [2.75, 3.05) is 0 Å². The third-order valence-electron chi connectivity index (χ3n) is 10.3. The van der Waals surface area contributed by atoms with Gasteiger partial charge in [-0.25, -0.2) is 4.98 Å². The number of oxazole rings is 1. The predicted molar refractivity (Wildman–Crippen MR) is 218 cm³/mol. The molecule has 7 aromatic carbocycles. The van der Waals surface area contributed by atoms with Crippen LogP contribution in [0.4, 0.5) is 0 Å². The fraction of sp³-hybridized carbons (Fsp3) is 0.122. The van der Waals surface area contributed by atoms with E-state index in [2.05, 4.69) is 152 Å². The molecule has 0 saturated carbocycles. The van der Waals surface area contributed by atoms with Crippen LogP contribution >= 0.6 is 0 Å². The Kier molecular flexibility index (Phi) is 8.25. The lowest BCUT2D eigenvalue weighted by molar-refractivity contribution is 0.620. The van der Waals surface area contributed by atoms with E-state index in [1.807, 2.05) is 24.3 Å². The van der Waals surface area contributed by atoms with Crippen LogP contribution in [0.3, 0.4) is 0 Å². The normalized spacial score (nSPS) is 11.6. The van der Waals surface area contributed by atoms with Crippen molar-refractivity contribution >= 4 is 32.9 Å². The first kappa shape index (κ1) is 31.8. The van der Waals surface area contributed by atoms with E-state index in [0.717, 1.165) is 47.9 Å². The Bertz CT molecular complexity index is 2600. The molecule has 252 valence electrons. The highest BCUT2D eigenvalue weighted by atomic mass is 16.3. The topological polar surface area (TPSA) is 31.0 Å². The molecule has 0 N–H and O–H groups in total. The van der Waals surface area contributed by atoms with Crippen LogP contribution < -0.4 is 0 Å². The van der Waals surface area contributed by atoms with Gasteiger partial charge in [0.25, 0.3) is 0 Å². The fourth-order valence-electron chi connectivity index (χ4n) is 7.80. The van der Waals surface area contributed by atoms with Crippen molar-refractivity contribution in [2.24, 2.45) is 0 Å². The highest BCUT2D eigenvalue weighted by Gasteiger charge is 2.16. The van der Waals surface area contributed by atoms with Crippen molar-refractivity contribution < 1.29 is 4.42 Å². The average molecular weight is 673 g/mol. The van der Waals surface area contributed by atoms with E-state index in [-0.39, 0.29) is 0 Å². The lowest BCUT2D eigenvalue weighted by atomic mass is 9.89.